The Morgan fingerprint density at radius 1 is 1.08 bits per heavy atom. The van der Waals surface area contributed by atoms with Gasteiger partial charge in [0.05, 0.1) is 0 Å². The third-order valence-corrected chi connectivity index (χ3v) is 23.6. The van der Waals surface area contributed by atoms with E-state index < -0.39 is 31.6 Å². The SMILES string of the molecule is CCCC/[Si](=[Zr](/[C]1=CC=CC1)[C]1=CC(CCC)=CC1)C(F)(F)F.Cl.Cl. The molecule has 0 unspecified atom stereocenters. The van der Waals surface area contributed by atoms with Gasteiger partial charge in [-0.1, -0.05) is 0 Å². The van der Waals surface area contributed by atoms with Crippen molar-refractivity contribution in [3.05, 3.63) is 42.5 Å². The minimum absolute atomic E-state index is 0. The van der Waals surface area contributed by atoms with Crippen LogP contribution in [0, 0.1) is 0 Å². The van der Waals surface area contributed by atoms with Crippen molar-refractivity contribution in [2.75, 3.05) is 0 Å². The molecule has 0 saturated heterocycles. The van der Waals surface area contributed by atoms with Crippen molar-refractivity contribution >= 4 is 30.2 Å². The van der Waals surface area contributed by atoms with Crippen molar-refractivity contribution in [2.45, 2.75) is 64.2 Å². The minimum Gasteiger partial charge on any atom is -0.147 e. The summed E-state index contributed by atoms with van der Waals surface area (Å²) in [6.07, 6.45) is 15.5. The normalized spacial score (nSPS) is 17.2. The standard InChI is InChI=1S/C8H11.C5H9F3Si.C5H5.2ClH.Zr/c1-2-5-8-6-3-4-7-8;1-2-3-4-9-5(6,7)8;1-2-4-5-3-1;;;/h6-7H,2-3,5H2,1H3;2-4H2,1H3;1-3H,4H2;2*1H;. The summed E-state index contributed by atoms with van der Waals surface area (Å²) >= 11 is -2.80. The molecule has 0 radical (unpaired) electrons. The molecule has 0 saturated carbocycles. The van der Waals surface area contributed by atoms with Gasteiger partial charge < -0.3 is 0 Å². The van der Waals surface area contributed by atoms with E-state index in [1.165, 1.54) is 12.1 Å². The summed E-state index contributed by atoms with van der Waals surface area (Å²) in [7, 11) is 0. The van der Waals surface area contributed by atoms with E-state index in [1.54, 1.807) is 0 Å². The maximum Gasteiger partial charge on any atom is -0.147 e. The Labute approximate surface area is 169 Å². The van der Waals surface area contributed by atoms with Crippen molar-refractivity contribution in [2.24, 2.45) is 0 Å². The molecular formula is C18H27Cl2F3SiZr. The van der Waals surface area contributed by atoms with Gasteiger partial charge in [-0.2, -0.15) is 0 Å². The Balaban J connectivity index is 0.00000288. The van der Waals surface area contributed by atoms with Gasteiger partial charge in [-0.05, 0) is 0 Å². The van der Waals surface area contributed by atoms with E-state index in [0.717, 1.165) is 38.5 Å². The molecule has 0 heterocycles. The zero-order chi connectivity index (χ0) is 16.9. The minimum atomic E-state index is -3.95. The topological polar surface area (TPSA) is 0 Å². The van der Waals surface area contributed by atoms with Gasteiger partial charge in [-0.3, -0.25) is 0 Å². The first-order chi connectivity index (χ1) is 11.0. The molecule has 25 heavy (non-hydrogen) atoms. The summed E-state index contributed by atoms with van der Waals surface area (Å²) in [5.41, 5.74) is -1.01. The van der Waals surface area contributed by atoms with Crippen molar-refractivity contribution in [1.82, 2.24) is 0 Å². The van der Waals surface area contributed by atoms with Gasteiger partial charge >= 0.3 is 146 Å². The number of halogens is 5. The van der Waals surface area contributed by atoms with E-state index in [9.17, 15) is 13.2 Å². The molecule has 0 aromatic rings. The van der Waals surface area contributed by atoms with Crippen LogP contribution in [0.1, 0.15) is 52.4 Å². The van der Waals surface area contributed by atoms with Gasteiger partial charge in [0.15, 0.2) is 0 Å². The molecule has 0 N–H and O–H groups in total. The summed E-state index contributed by atoms with van der Waals surface area (Å²) in [6.45, 7) is 4.12. The summed E-state index contributed by atoms with van der Waals surface area (Å²) < 4.78 is 43.9. The predicted octanol–water partition coefficient (Wildman–Crippen LogP) is 7.20. The first-order valence-electron chi connectivity index (χ1n) is 8.53. The summed E-state index contributed by atoms with van der Waals surface area (Å²) in [5.74, 6) is -3.95. The summed E-state index contributed by atoms with van der Waals surface area (Å²) in [4.78, 5) is 0. The van der Waals surface area contributed by atoms with Gasteiger partial charge in [0.25, 0.3) is 0 Å². The molecule has 0 bridgehead atoms. The Bertz CT molecular complexity index is 602. The van der Waals surface area contributed by atoms with Crippen LogP contribution in [0.5, 0.6) is 0 Å². The second-order valence-electron chi connectivity index (χ2n) is 6.18. The molecule has 2 aliphatic carbocycles. The molecular weight excluding hydrogens is 463 g/mol. The summed E-state index contributed by atoms with van der Waals surface area (Å²) in [6, 6.07) is 0.414. The van der Waals surface area contributed by atoms with Gasteiger partial charge in [-0.15, -0.1) is 24.8 Å². The first kappa shape index (κ1) is 25.4. The summed E-state index contributed by atoms with van der Waals surface area (Å²) in [5, 5.41) is 0. The molecule has 0 spiro atoms. The van der Waals surface area contributed by atoms with Gasteiger partial charge in [0, 0.05) is 0 Å². The van der Waals surface area contributed by atoms with Crippen molar-refractivity contribution in [3.8, 4) is 0 Å². The van der Waals surface area contributed by atoms with Crippen LogP contribution in [0.15, 0.2) is 42.5 Å². The molecule has 0 aliphatic heterocycles. The van der Waals surface area contributed by atoms with E-state index >= 15 is 0 Å². The van der Waals surface area contributed by atoms with Gasteiger partial charge in [0.2, 0.25) is 0 Å². The molecule has 0 atom stereocenters. The van der Waals surface area contributed by atoms with E-state index in [1.807, 2.05) is 25.2 Å². The largest absolute Gasteiger partial charge is 0.147 e. The third kappa shape index (κ3) is 7.16. The van der Waals surface area contributed by atoms with Gasteiger partial charge in [0.1, 0.15) is 0 Å². The molecule has 0 nitrogen and oxygen atoms in total. The molecule has 142 valence electrons. The average Bonchev–Trinajstić information content (AvgIpc) is 3.14. The number of hydrogen-bond donors (Lipinski definition) is 0. The van der Waals surface area contributed by atoms with Gasteiger partial charge in [-0.25, -0.2) is 0 Å². The van der Waals surface area contributed by atoms with Crippen LogP contribution in [0.4, 0.5) is 13.2 Å². The zero-order valence-electron chi connectivity index (χ0n) is 14.8. The quantitative estimate of drug-likeness (QED) is 0.331. The van der Waals surface area contributed by atoms with E-state index in [2.05, 4.69) is 19.1 Å². The number of rotatable bonds is 7. The fourth-order valence-electron chi connectivity index (χ4n) is 3.21. The maximum atomic E-state index is 13.8. The second-order valence-corrected chi connectivity index (χ2v) is 20.6. The predicted molar refractivity (Wildman–Crippen MR) is 104 cm³/mol. The fourth-order valence-corrected chi connectivity index (χ4v) is 22.6. The molecule has 0 fully saturated rings. The Morgan fingerprint density at radius 3 is 2.32 bits per heavy atom. The fraction of sp³-hybridized carbons (Fsp3) is 0.556. The Morgan fingerprint density at radius 2 is 1.80 bits per heavy atom. The number of hydrogen-bond acceptors (Lipinski definition) is 0. The van der Waals surface area contributed by atoms with Crippen LogP contribution < -0.4 is 0 Å². The van der Waals surface area contributed by atoms with Crippen molar-refractivity contribution < 1.29 is 33.5 Å². The molecule has 7 heteroatoms. The van der Waals surface area contributed by atoms with Crippen LogP contribution in [0.2, 0.25) is 6.04 Å². The van der Waals surface area contributed by atoms with Crippen LogP contribution in [0.3, 0.4) is 0 Å². The molecule has 2 aliphatic rings. The number of allylic oxidation sites excluding steroid dienone is 8. The van der Waals surface area contributed by atoms with E-state index in [4.69, 9.17) is 0 Å². The molecule has 0 amide bonds. The molecule has 0 aromatic carbocycles. The molecule has 2 rings (SSSR count). The van der Waals surface area contributed by atoms with Crippen molar-refractivity contribution in [1.29, 1.82) is 0 Å². The van der Waals surface area contributed by atoms with Crippen LogP contribution >= 0.6 is 24.8 Å². The second kappa shape index (κ2) is 12.0. The van der Waals surface area contributed by atoms with Crippen LogP contribution in [-0.2, 0) is 20.4 Å². The molecule has 0 aromatic heterocycles. The van der Waals surface area contributed by atoms with Crippen LogP contribution in [0.25, 0.3) is 0 Å². The Hall–Kier alpha value is 0.430. The number of alkyl halides is 3. The van der Waals surface area contributed by atoms with E-state index in [-0.39, 0.29) is 24.8 Å². The average molecular weight is 491 g/mol. The first-order valence-corrected chi connectivity index (χ1v) is 16.4. The van der Waals surface area contributed by atoms with Crippen molar-refractivity contribution in [3.63, 3.8) is 0 Å². The van der Waals surface area contributed by atoms with Crippen LogP contribution in [-0.4, -0.2) is 11.2 Å². The van der Waals surface area contributed by atoms with E-state index in [0.29, 0.717) is 6.04 Å². The third-order valence-electron chi connectivity index (χ3n) is 4.32. The monoisotopic (exact) mass is 488 g/mol. The number of unbranched alkanes of at least 4 members (excludes halogenated alkanes) is 1. The Kier molecular flexibility index (Phi) is 12.2. The maximum absolute atomic E-state index is 13.8. The zero-order valence-corrected chi connectivity index (χ0v) is 19.9. The smallest absolute Gasteiger partial charge is 0.147 e.